The van der Waals surface area contributed by atoms with Crippen molar-refractivity contribution < 1.29 is 4.74 Å². The Morgan fingerprint density at radius 1 is 1.19 bits per heavy atom. The molecule has 1 aliphatic rings. The Morgan fingerprint density at radius 3 is 2.43 bits per heavy atom. The summed E-state index contributed by atoms with van der Waals surface area (Å²) < 4.78 is 7.84. The van der Waals surface area contributed by atoms with Crippen molar-refractivity contribution in [2.75, 3.05) is 19.8 Å². The van der Waals surface area contributed by atoms with Gasteiger partial charge in [0.2, 0.25) is 0 Å². The summed E-state index contributed by atoms with van der Waals surface area (Å²) in [6.45, 7) is 11.7. The lowest BCUT2D eigenvalue weighted by Gasteiger charge is -2.25. The van der Waals surface area contributed by atoms with Crippen molar-refractivity contribution in [3.63, 3.8) is 0 Å². The zero-order valence-corrected chi connectivity index (χ0v) is 14.1. The summed E-state index contributed by atoms with van der Waals surface area (Å²) in [4.78, 5) is 0. The number of aromatic nitrogens is 2. The fourth-order valence-electron chi connectivity index (χ4n) is 3.48. The maximum Gasteiger partial charge on any atom is 0.0672 e. The molecule has 120 valence electrons. The molecule has 0 radical (unpaired) electrons. The third kappa shape index (κ3) is 3.49. The van der Waals surface area contributed by atoms with E-state index in [-0.39, 0.29) is 0 Å². The SMILES string of the molecule is CCNC(CC)c1c(CC)nn(C2CCOCC2)c1CC. The van der Waals surface area contributed by atoms with Crippen LogP contribution in [0.5, 0.6) is 0 Å². The molecule has 0 saturated carbocycles. The first-order valence-corrected chi connectivity index (χ1v) is 8.67. The predicted molar refractivity (Wildman–Crippen MR) is 86.8 cm³/mol. The Bertz CT molecular complexity index is 435. The molecule has 4 heteroatoms. The number of ether oxygens (including phenoxy) is 1. The molecular formula is C17H31N3O. The first-order chi connectivity index (χ1) is 10.3. The van der Waals surface area contributed by atoms with Crippen LogP contribution < -0.4 is 5.32 Å². The third-order valence-corrected chi connectivity index (χ3v) is 4.54. The second kappa shape index (κ2) is 7.95. The highest BCUT2D eigenvalue weighted by molar-refractivity contribution is 5.31. The second-order valence-corrected chi connectivity index (χ2v) is 5.82. The Kier molecular flexibility index (Phi) is 6.24. The van der Waals surface area contributed by atoms with Gasteiger partial charge in [-0.2, -0.15) is 5.10 Å². The zero-order valence-electron chi connectivity index (χ0n) is 14.1. The molecule has 1 fully saturated rings. The fraction of sp³-hybridized carbons (Fsp3) is 0.824. The minimum atomic E-state index is 0.438. The van der Waals surface area contributed by atoms with Crippen molar-refractivity contribution in [1.29, 1.82) is 0 Å². The third-order valence-electron chi connectivity index (χ3n) is 4.54. The summed E-state index contributed by atoms with van der Waals surface area (Å²) in [5.74, 6) is 0. The summed E-state index contributed by atoms with van der Waals surface area (Å²) in [7, 11) is 0. The van der Waals surface area contributed by atoms with Crippen LogP contribution in [0.15, 0.2) is 0 Å². The van der Waals surface area contributed by atoms with Gasteiger partial charge in [0.15, 0.2) is 0 Å². The van der Waals surface area contributed by atoms with Gasteiger partial charge in [0.05, 0.1) is 11.7 Å². The molecule has 0 aliphatic carbocycles. The average molecular weight is 293 g/mol. The molecule has 0 bridgehead atoms. The van der Waals surface area contributed by atoms with E-state index in [1.165, 1.54) is 17.0 Å². The molecule has 0 spiro atoms. The van der Waals surface area contributed by atoms with Gasteiger partial charge in [-0.05, 0) is 38.6 Å². The van der Waals surface area contributed by atoms with Crippen LogP contribution in [0, 0.1) is 0 Å². The standard InChI is InChI=1S/C17H31N3O/c1-5-14(18-8-4)17-15(6-2)19-20(16(17)7-3)13-9-11-21-12-10-13/h13-14,18H,5-12H2,1-4H3. The van der Waals surface area contributed by atoms with Gasteiger partial charge in [-0.25, -0.2) is 0 Å². The highest BCUT2D eigenvalue weighted by Crippen LogP contribution is 2.31. The number of hydrogen-bond acceptors (Lipinski definition) is 3. The highest BCUT2D eigenvalue weighted by atomic mass is 16.5. The molecular weight excluding hydrogens is 262 g/mol. The number of nitrogens with one attached hydrogen (secondary N) is 1. The van der Waals surface area contributed by atoms with E-state index in [4.69, 9.17) is 9.84 Å². The monoisotopic (exact) mass is 293 g/mol. The number of rotatable bonds is 7. The van der Waals surface area contributed by atoms with Crippen LogP contribution in [0.25, 0.3) is 0 Å². The lowest BCUT2D eigenvalue weighted by molar-refractivity contribution is 0.0653. The predicted octanol–water partition coefficient (Wildman–Crippen LogP) is 3.42. The van der Waals surface area contributed by atoms with E-state index in [0.717, 1.165) is 51.9 Å². The minimum Gasteiger partial charge on any atom is -0.381 e. The normalized spacial score (nSPS) is 18.1. The van der Waals surface area contributed by atoms with Crippen molar-refractivity contribution in [2.45, 2.75) is 71.9 Å². The molecule has 1 N–H and O–H groups in total. The van der Waals surface area contributed by atoms with Gasteiger partial charge >= 0.3 is 0 Å². The molecule has 2 rings (SSSR count). The van der Waals surface area contributed by atoms with Gasteiger partial charge in [0.1, 0.15) is 0 Å². The molecule has 21 heavy (non-hydrogen) atoms. The van der Waals surface area contributed by atoms with Crippen LogP contribution in [-0.2, 0) is 17.6 Å². The van der Waals surface area contributed by atoms with Crippen LogP contribution in [-0.4, -0.2) is 29.5 Å². The molecule has 1 aromatic heterocycles. The van der Waals surface area contributed by atoms with Crippen LogP contribution in [0.2, 0.25) is 0 Å². The van der Waals surface area contributed by atoms with Crippen LogP contribution in [0.4, 0.5) is 0 Å². The van der Waals surface area contributed by atoms with Crippen molar-refractivity contribution in [3.05, 3.63) is 17.0 Å². The van der Waals surface area contributed by atoms with Gasteiger partial charge in [-0.15, -0.1) is 0 Å². The molecule has 1 aliphatic heterocycles. The summed E-state index contributed by atoms with van der Waals surface area (Å²) in [6, 6.07) is 0.959. The van der Waals surface area contributed by atoms with Gasteiger partial charge in [0.25, 0.3) is 0 Å². The van der Waals surface area contributed by atoms with Crippen molar-refractivity contribution in [2.24, 2.45) is 0 Å². The van der Waals surface area contributed by atoms with E-state index in [1.807, 2.05) is 0 Å². The average Bonchev–Trinajstić information content (AvgIpc) is 2.91. The summed E-state index contributed by atoms with van der Waals surface area (Å²) in [6.07, 6.45) is 5.37. The molecule has 1 aromatic rings. The first-order valence-electron chi connectivity index (χ1n) is 8.67. The number of hydrogen-bond donors (Lipinski definition) is 1. The van der Waals surface area contributed by atoms with Gasteiger partial charge < -0.3 is 10.1 Å². The maximum atomic E-state index is 5.51. The highest BCUT2D eigenvalue weighted by Gasteiger charge is 2.26. The fourth-order valence-corrected chi connectivity index (χ4v) is 3.48. The molecule has 1 atom stereocenters. The molecule has 1 saturated heterocycles. The number of aryl methyl sites for hydroxylation is 1. The van der Waals surface area contributed by atoms with E-state index >= 15 is 0 Å². The van der Waals surface area contributed by atoms with Crippen LogP contribution in [0.3, 0.4) is 0 Å². The Balaban J connectivity index is 2.39. The molecule has 0 amide bonds. The molecule has 1 unspecified atom stereocenters. The molecule has 0 aromatic carbocycles. The van der Waals surface area contributed by atoms with Crippen LogP contribution >= 0.6 is 0 Å². The maximum absolute atomic E-state index is 5.51. The lowest BCUT2D eigenvalue weighted by Crippen LogP contribution is -2.24. The van der Waals surface area contributed by atoms with E-state index < -0.39 is 0 Å². The summed E-state index contributed by atoms with van der Waals surface area (Å²) >= 11 is 0. The molecule has 4 nitrogen and oxygen atoms in total. The van der Waals surface area contributed by atoms with E-state index in [0.29, 0.717) is 12.1 Å². The quantitative estimate of drug-likeness (QED) is 0.837. The zero-order chi connectivity index (χ0) is 15.2. The second-order valence-electron chi connectivity index (χ2n) is 5.82. The first kappa shape index (κ1) is 16.5. The van der Waals surface area contributed by atoms with E-state index in [9.17, 15) is 0 Å². The lowest BCUT2D eigenvalue weighted by atomic mass is 9.98. The van der Waals surface area contributed by atoms with Crippen molar-refractivity contribution in [3.8, 4) is 0 Å². The topological polar surface area (TPSA) is 39.1 Å². The van der Waals surface area contributed by atoms with E-state index in [1.54, 1.807) is 0 Å². The van der Waals surface area contributed by atoms with Crippen molar-refractivity contribution >= 4 is 0 Å². The molecule has 2 heterocycles. The largest absolute Gasteiger partial charge is 0.381 e. The van der Waals surface area contributed by atoms with Crippen LogP contribution in [0.1, 0.15) is 76.0 Å². The van der Waals surface area contributed by atoms with Crippen molar-refractivity contribution in [1.82, 2.24) is 15.1 Å². The van der Waals surface area contributed by atoms with Gasteiger partial charge in [0, 0.05) is 30.5 Å². The Labute approximate surface area is 129 Å². The van der Waals surface area contributed by atoms with E-state index in [2.05, 4.69) is 37.7 Å². The van der Waals surface area contributed by atoms with Gasteiger partial charge in [-0.1, -0.05) is 27.7 Å². The Morgan fingerprint density at radius 2 is 1.90 bits per heavy atom. The summed E-state index contributed by atoms with van der Waals surface area (Å²) in [5, 5.41) is 8.63. The Hall–Kier alpha value is -0.870. The minimum absolute atomic E-state index is 0.438. The smallest absolute Gasteiger partial charge is 0.0672 e. The summed E-state index contributed by atoms with van der Waals surface area (Å²) in [5.41, 5.74) is 4.19. The number of nitrogens with zero attached hydrogens (tertiary/aromatic N) is 2. The van der Waals surface area contributed by atoms with Gasteiger partial charge in [-0.3, -0.25) is 4.68 Å².